The molecule has 1 heterocycles. The molecule has 2 aromatic rings. The largest absolute Gasteiger partial charge is 0.379 e. The Balaban J connectivity index is 2.07. The fourth-order valence-electron chi connectivity index (χ4n) is 1.83. The molecule has 0 aliphatic rings. The summed E-state index contributed by atoms with van der Waals surface area (Å²) < 4.78 is 1.78. The molecule has 0 amide bonds. The fourth-order valence-corrected chi connectivity index (χ4v) is 1.83. The number of rotatable bonds is 5. The van der Waals surface area contributed by atoms with Gasteiger partial charge in [-0.1, -0.05) is 23.4 Å². The van der Waals surface area contributed by atoms with Crippen molar-refractivity contribution in [1.29, 1.82) is 0 Å². The van der Waals surface area contributed by atoms with Crippen molar-refractivity contribution in [3.63, 3.8) is 0 Å². The number of aryl methyl sites for hydroxylation is 1. The van der Waals surface area contributed by atoms with Crippen LogP contribution in [0.3, 0.4) is 0 Å². The third-order valence-corrected chi connectivity index (χ3v) is 2.77. The summed E-state index contributed by atoms with van der Waals surface area (Å²) in [6, 6.07) is 8.35. The van der Waals surface area contributed by atoms with Crippen LogP contribution in [-0.2, 0) is 20.1 Å². The van der Waals surface area contributed by atoms with Crippen LogP contribution in [0, 0.1) is 0 Å². The summed E-state index contributed by atoms with van der Waals surface area (Å²) in [5.74, 6) is 0. The molecule has 0 aliphatic carbocycles. The average Bonchev–Trinajstić information content (AvgIpc) is 2.73. The maximum Gasteiger partial charge on any atom is 0.0774 e. The molecule has 0 bridgehead atoms. The van der Waals surface area contributed by atoms with Gasteiger partial charge < -0.3 is 10.2 Å². The topological polar surface area (TPSA) is 46.0 Å². The molecule has 0 radical (unpaired) electrons. The van der Waals surface area contributed by atoms with Gasteiger partial charge in [-0.15, -0.1) is 5.10 Å². The van der Waals surface area contributed by atoms with Crippen molar-refractivity contribution in [2.75, 3.05) is 19.4 Å². The highest BCUT2D eigenvalue weighted by molar-refractivity contribution is 5.51. The van der Waals surface area contributed by atoms with Crippen LogP contribution in [-0.4, -0.2) is 34.0 Å². The molecule has 18 heavy (non-hydrogen) atoms. The third-order valence-electron chi connectivity index (χ3n) is 2.77. The second kappa shape index (κ2) is 5.64. The zero-order chi connectivity index (χ0) is 13.0. The van der Waals surface area contributed by atoms with Gasteiger partial charge in [-0.2, -0.15) is 0 Å². The van der Waals surface area contributed by atoms with E-state index in [0.29, 0.717) is 0 Å². The van der Waals surface area contributed by atoms with Crippen LogP contribution in [0.5, 0.6) is 0 Å². The Morgan fingerprint density at radius 1 is 1.28 bits per heavy atom. The molecular formula is C13H19N5. The number of nitrogens with zero attached hydrogens (tertiary/aromatic N) is 4. The van der Waals surface area contributed by atoms with Crippen LogP contribution < -0.4 is 5.32 Å². The first-order chi connectivity index (χ1) is 8.66. The lowest BCUT2D eigenvalue weighted by Crippen LogP contribution is -2.13. The first-order valence-corrected chi connectivity index (χ1v) is 5.97. The van der Waals surface area contributed by atoms with Crippen molar-refractivity contribution in [2.45, 2.75) is 13.1 Å². The van der Waals surface area contributed by atoms with Crippen molar-refractivity contribution >= 4 is 5.69 Å². The SMILES string of the molecule is CN(C)Cc1ccccc1NCc1cnnn1C. The van der Waals surface area contributed by atoms with Gasteiger partial charge in [0.2, 0.25) is 0 Å². The first kappa shape index (κ1) is 12.6. The highest BCUT2D eigenvalue weighted by Gasteiger charge is 2.04. The van der Waals surface area contributed by atoms with Gasteiger partial charge in [-0.05, 0) is 25.7 Å². The highest BCUT2D eigenvalue weighted by atomic mass is 15.4. The summed E-state index contributed by atoms with van der Waals surface area (Å²) in [5.41, 5.74) is 3.51. The minimum Gasteiger partial charge on any atom is -0.379 e. The summed E-state index contributed by atoms with van der Waals surface area (Å²) >= 11 is 0. The fraction of sp³-hybridized carbons (Fsp3) is 0.385. The van der Waals surface area contributed by atoms with Crippen molar-refractivity contribution < 1.29 is 0 Å². The Bertz CT molecular complexity index is 504. The number of hydrogen-bond acceptors (Lipinski definition) is 4. The number of hydrogen-bond donors (Lipinski definition) is 1. The van der Waals surface area contributed by atoms with Crippen molar-refractivity contribution in [3.8, 4) is 0 Å². The van der Waals surface area contributed by atoms with E-state index in [0.717, 1.165) is 24.5 Å². The van der Waals surface area contributed by atoms with Crippen LogP contribution in [0.25, 0.3) is 0 Å². The number of aromatic nitrogens is 3. The number of benzene rings is 1. The van der Waals surface area contributed by atoms with E-state index in [4.69, 9.17) is 0 Å². The van der Waals surface area contributed by atoms with E-state index in [2.05, 4.69) is 52.8 Å². The molecule has 1 aromatic carbocycles. The predicted octanol–water partition coefficient (Wildman–Crippen LogP) is 1.49. The van der Waals surface area contributed by atoms with E-state index in [1.54, 1.807) is 10.9 Å². The molecular weight excluding hydrogens is 226 g/mol. The molecule has 0 aliphatic heterocycles. The third kappa shape index (κ3) is 3.07. The molecule has 5 heteroatoms. The maximum absolute atomic E-state index is 3.92. The summed E-state index contributed by atoms with van der Waals surface area (Å²) in [6.07, 6.45) is 1.78. The van der Waals surface area contributed by atoms with Crippen LogP contribution in [0.1, 0.15) is 11.3 Å². The lowest BCUT2D eigenvalue weighted by Gasteiger charge is -2.15. The van der Waals surface area contributed by atoms with Gasteiger partial charge in [0.25, 0.3) is 0 Å². The molecule has 1 aromatic heterocycles. The van der Waals surface area contributed by atoms with E-state index in [9.17, 15) is 0 Å². The smallest absolute Gasteiger partial charge is 0.0774 e. The van der Waals surface area contributed by atoms with Gasteiger partial charge in [0.1, 0.15) is 0 Å². The molecule has 0 spiro atoms. The number of para-hydroxylation sites is 1. The zero-order valence-electron chi connectivity index (χ0n) is 11.1. The van der Waals surface area contributed by atoms with Gasteiger partial charge in [0.05, 0.1) is 18.4 Å². The van der Waals surface area contributed by atoms with Gasteiger partial charge in [0.15, 0.2) is 0 Å². The van der Waals surface area contributed by atoms with E-state index >= 15 is 0 Å². The molecule has 2 rings (SSSR count). The summed E-state index contributed by atoms with van der Waals surface area (Å²) in [6.45, 7) is 1.65. The molecule has 0 saturated carbocycles. The van der Waals surface area contributed by atoms with Crippen LogP contribution in [0.15, 0.2) is 30.5 Å². The van der Waals surface area contributed by atoms with Crippen molar-refractivity contribution in [2.24, 2.45) is 7.05 Å². The molecule has 0 unspecified atom stereocenters. The second-order valence-electron chi connectivity index (χ2n) is 4.60. The molecule has 5 nitrogen and oxygen atoms in total. The number of nitrogens with one attached hydrogen (secondary N) is 1. The minimum absolute atomic E-state index is 0.730. The Morgan fingerprint density at radius 3 is 2.72 bits per heavy atom. The Morgan fingerprint density at radius 2 is 2.06 bits per heavy atom. The van der Waals surface area contributed by atoms with E-state index in [1.165, 1.54) is 5.56 Å². The van der Waals surface area contributed by atoms with Crippen molar-refractivity contribution in [1.82, 2.24) is 19.9 Å². The lowest BCUT2D eigenvalue weighted by molar-refractivity contribution is 0.403. The monoisotopic (exact) mass is 245 g/mol. The van der Waals surface area contributed by atoms with E-state index < -0.39 is 0 Å². The normalized spacial score (nSPS) is 10.9. The van der Waals surface area contributed by atoms with Gasteiger partial charge in [0, 0.05) is 19.3 Å². The van der Waals surface area contributed by atoms with Crippen LogP contribution in [0.2, 0.25) is 0 Å². The first-order valence-electron chi connectivity index (χ1n) is 5.97. The zero-order valence-corrected chi connectivity index (χ0v) is 11.1. The van der Waals surface area contributed by atoms with E-state index in [1.807, 2.05) is 13.1 Å². The maximum atomic E-state index is 3.92. The quantitative estimate of drug-likeness (QED) is 0.867. The van der Waals surface area contributed by atoms with Gasteiger partial charge in [-0.25, -0.2) is 0 Å². The van der Waals surface area contributed by atoms with Crippen molar-refractivity contribution in [3.05, 3.63) is 41.7 Å². The predicted molar refractivity (Wildman–Crippen MR) is 72.2 cm³/mol. The summed E-state index contributed by atoms with van der Waals surface area (Å²) in [4.78, 5) is 2.16. The summed E-state index contributed by atoms with van der Waals surface area (Å²) in [7, 11) is 6.04. The van der Waals surface area contributed by atoms with Gasteiger partial charge >= 0.3 is 0 Å². The second-order valence-corrected chi connectivity index (χ2v) is 4.60. The number of anilines is 1. The molecule has 0 fully saturated rings. The minimum atomic E-state index is 0.730. The van der Waals surface area contributed by atoms with Gasteiger partial charge in [-0.3, -0.25) is 4.68 Å². The summed E-state index contributed by atoms with van der Waals surface area (Å²) in [5, 5.41) is 11.2. The van der Waals surface area contributed by atoms with Crippen LogP contribution >= 0.6 is 0 Å². The lowest BCUT2D eigenvalue weighted by atomic mass is 10.1. The average molecular weight is 245 g/mol. The Hall–Kier alpha value is -1.88. The molecule has 0 saturated heterocycles. The Labute approximate surface area is 107 Å². The van der Waals surface area contributed by atoms with E-state index in [-0.39, 0.29) is 0 Å². The Kier molecular flexibility index (Phi) is 3.94. The molecule has 96 valence electrons. The standard InChI is InChI=1S/C13H19N5/c1-17(2)10-11-6-4-5-7-13(11)14-8-12-9-15-16-18(12)3/h4-7,9,14H,8,10H2,1-3H3. The molecule has 1 N–H and O–H groups in total. The van der Waals surface area contributed by atoms with Crippen LogP contribution in [0.4, 0.5) is 5.69 Å². The highest BCUT2D eigenvalue weighted by Crippen LogP contribution is 2.17. The molecule has 0 atom stereocenters.